The topological polar surface area (TPSA) is 129 Å². The van der Waals surface area contributed by atoms with Gasteiger partial charge in [-0.3, -0.25) is 9.59 Å². The predicted octanol–water partition coefficient (Wildman–Crippen LogP) is 0.915. The lowest BCUT2D eigenvalue weighted by Crippen LogP contribution is -2.47. The molecule has 5 rings (SSSR count). The van der Waals surface area contributed by atoms with Crippen LogP contribution in [0.5, 0.6) is 0 Å². The number of amides is 2. The van der Waals surface area contributed by atoms with E-state index in [0.29, 0.717) is 25.9 Å². The molecule has 32 heavy (non-hydrogen) atoms. The first-order chi connectivity index (χ1) is 15.7. The van der Waals surface area contributed by atoms with Crippen LogP contribution in [-0.2, 0) is 16.0 Å². The van der Waals surface area contributed by atoms with Crippen molar-refractivity contribution in [3.05, 3.63) is 48.5 Å². The molecule has 0 aromatic carbocycles. The van der Waals surface area contributed by atoms with Crippen molar-refractivity contribution in [1.29, 1.82) is 0 Å². The van der Waals surface area contributed by atoms with Gasteiger partial charge < -0.3 is 20.3 Å². The van der Waals surface area contributed by atoms with E-state index < -0.39 is 18.6 Å². The molecule has 1 fully saturated rings. The Morgan fingerprint density at radius 1 is 1.22 bits per heavy atom. The number of aliphatic hydroxyl groups excluding tert-OH is 1. The number of pyridine rings is 1. The van der Waals surface area contributed by atoms with Gasteiger partial charge in [-0.25, -0.2) is 4.98 Å². The van der Waals surface area contributed by atoms with Crippen molar-refractivity contribution in [2.24, 2.45) is 0 Å². The van der Waals surface area contributed by atoms with Crippen molar-refractivity contribution in [3.63, 3.8) is 0 Å². The number of likely N-dealkylation sites (tertiary alicyclic amines) is 1. The quantitative estimate of drug-likeness (QED) is 0.415. The summed E-state index contributed by atoms with van der Waals surface area (Å²) < 4.78 is 1.60. The second-order valence-corrected chi connectivity index (χ2v) is 7.82. The van der Waals surface area contributed by atoms with Gasteiger partial charge in [-0.1, -0.05) is 0 Å². The third-order valence-electron chi connectivity index (χ3n) is 5.89. The van der Waals surface area contributed by atoms with Crippen LogP contribution in [0, 0.1) is 0 Å². The Bertz CT molecular complexity index is 1300. The summed E-state index contributed by atoms with van der Waals surface area (Å²) in [6, 6.07) is 7.34. The van der Waals surface area contributed by atoms with Crippen LogP contribution in [-0.4, -0.2) is 72.4 Å². The zero-order valence-electron chi connectivity index (χ0n) is 17.4. The minimum absolute atomic E-state index is 0.182. The summed E-state index contributed by atoms with van der Waals surface area (Å²) in [4.78, 5) is 33.6. The van der Waals surface area contributed by atoms with E-state index in [9.17, 15) is 9.59 Å². The van der Waals surface area contributed by atoms with Crippen LogP contribution in [0.1, 0.15) is 18.5 Å². The third kappa shape index (κ3) is 3.58. The van der Waals surface area contributed by atoms with Crippen molar-refractivity contribution < 1.29 is 14.7 Å². The summed E-state index contributed by atoms with van der Waals surface area (Å²) in [6.45, 7) is 0.364. The first-order valence-electron chi connectivity index (χ1n) is 10.6. The average molecular weight is 433 g/mol. The standard InChI is InChI=1S/C22H23N7O3/c30-13-20(31)28-10-2-4-19(28)22(32)24-8-5-14-11-16-15(6-9-23-21(16)27-14)17-12-26-29-18(17)3-1-7-25-29/h1,3,6-7,9,11-12,19,30H,2,4-5,8,10,13H2,(H,23,27)(H,24,32)/t19-/m1/s1. The van der Waals surface area contributed by atoms with Crippen LogP contribution < -0.4 is 5.32 Å². The maximum Gasteiger partial charge on any atom is 0.248 e. The first kappa shape index (κ1) is 20.1. The van der Waals surface area contributed by atoms with Gasteiger partial charge in [0.05, 0.1) is 11.7 Å². The Morgan fingerprint density at radius 3 is 3.00 bits per heavy atom. The molecule has 0 unspecified atom stereocenters. The monoisotopic (exact) mass is 433 g/mol. The molecule has 0 aliphatic carbocycles. The highest BCUT2D eigenvalue weighted by atomic mass is 16.3. The Balaban J connectivity index is 1.31. The van der Waals surface area contributed by atoms with Gasteiger partial charge in [-0.15, -0.1) is 0 Å². The van der Waals surface area contributed by atoms with Gasteiger partial charge >= 0.3 is 0 Å². The van der Waals surface area contributed by atoms with Gasteiger partial charge in [0, 0.05) is 48.5 Å². The predicted molar refractivity (Wildman–Crippen MR) is 117 cm³/mol. The number of aromatic amines is 1. The highest BCUT2D eigenvalue weighted by Gasteiger charge is 2.33. The Kier molecular flexibility index (Phi) is 5.28. The number of aliphatic hydroxyl groups is 1. The number of nitrogens with one attached hydrogen (secondary N) is 2. The third-order valence-corrected chi connectivity index (χ3v) is 5.89. The molecular weight excluding hydrogens is 410 g/mol. The second kappa shape index (κ2) is 8.39. The summed E-state index contributed by atoms with van der Waals surface area (Å²) in [6.07, 6.45) is 7.22. The molecule has 1 aliphatic rings. The summed E-state index contributed by atoms with van der Waals surface area (Å²) in [7, 11) is 0. The van der Waals surface area contributed by atoms with E-state index in [4.69, 9.17) is 5.11 Å². The molecule has 0 radical (unpaired) electrons. The lowest BCUT2D eigenvalue weighted by molar-refractivity contribution is -0.140. The summed E-state index contributed by atoms with van der Waals surface area (Å²) in [5.41, 5.74) is 4.61. The number of aromatic nitrogens is 5. The van der Waals surface area contributed by atoms with Crippen LogP contribution in [0.15, 0.2) is 42.9 Å². The van der Waals surface area contributed by atoms with Crippen molar-refractivity contribution in [3.8, 4) is 11.1 Å². The van der Waals surface area contributed by atoms with E-state index in [1.807, 2.05) is 24.3 Å². The maximum absolute atomic E-state index is 12.5. The van der Waals surface area contributed by atoms with Crippen LogP contribution in [0.3, 0.4) is 0 Å². The zero-order valence-corrected chi connectivity index (χ0v) is 17.4. The molecule has 1 saturated heterocycles. The number of H-pyrrole nitrogens is 1. The largest absolute Gasteiger partial charge is 0.387 e. The van der Waals surface area contributed by atoms with Crippen molar-refractivity contribution in [1.82, 2.24) is 35.0 Å². The maximum atomic E-state index is 12.5. The van der Waals surface area contributed by atoms with Gasteiger partial charge in [0.2, 0.25) is 11.8 Å². The van der Waals surface area contributed by atoms with Gasteiger partial charge in [0.15, 0.2) is 0 Å². The molecule has 1 aliphatic heterocycles. The normalized spacial score (nSPS) is 16.2. The molecule has 164 valence electrons. The highest BCUT2D eigenvalue weighted by molar-refractivity contribution is 5.97. The Hall–Kier alpha value is -3.79. The highest BCUT2D eigenvalue weighted by Crippen LogP contribution is 2.30. The second-order valence-electron chi connectivity index (χ2n) is 7.82. The molecule has 0 saturated carbocycles. The van der Waals surface area contributed by atoms with Crippen LogP contribution in [0.4, 0.5) is 0 Å². The molecule has 0 spiro atoms. The fourth-order valence-electron chi connectivity index (χ4n) is 4.36. The number of fused-ring (bicyclic) bond motifs is 2. The van der Waals surface area contributed by atoms with Crippen LogP contribution >= 0.6 is 0 Å². The smallest absolute Gasteiger partial charge is 0.248 e. The van der Waals surface area contributed by atoms with Gasteiger partial charge in [0.25, 0.3) is 0 Å². The molecule has 4 aromatic heterocycles. The number of carbonyl (C=O) groups excluding carboxylic acids is 2. The fourth-order valence-corrected chi connectivity index (χ4v) is 4.36. The average Bonchev–Trinajstić information content (AvgIpc) is 3.55. The van der Waals surface area contributed by atoms with E-state index in [0.717, 1.165) is 39.8 Å². The molecule has 1 atom stereocenters. The minimum atomic E-state index is -0.572. The van der Waals surface area contributed by atoms with E-state index >= 15 is 0 Å². The van der Waals surface area contributed by atoms with E-state index in [1.165, 1.54) is 4.90 Å². The summed E-state index contributed by atoms with van der Waals surface area (Å²) in [5, 5.41) is 21.5. The molecule has 10 heteroatoms. The molecule has 10 nitrogen and oxygen atoms in total. The van der Waals surface area contributed by atoms with E-state index in [1.54, 1.807) is 23.2 Å². The molecule has 3 N–H and O–H groups in total. The molecule has 4 aromatic rings. The Morgan fingerprint density at radius 2 is 2.12 bits per heavy atom. The van der Waals surface area contributed by atoms with E-state index in [-0.39, 0.29) is 5.91 Å². The summed E-state index contributed by atoms with van der Waals surface area (Å²) in [5.74, 6) is -0.585. The molecule has 5 heterocycles. The SMILES string of the molecule is O=C(NCCc1cc2c(-c3cnn4ncccc34)ccnc2[nH]1)[C@H]1CCCN1C(=O)CO. The molecule has 0 bridgehead atoms. The number of nitrogens with zero attached hydrogens (tertiary/aromatic N) is 5. The van der Waals surface area contributed by atoms with Crippen molar-refractivity contribution in [2.75, 3.05) is 19.7 Å². The van der Waals surface area contributed by atoms with Crippen LogP contribution in [0.25, 0.3) is 27.7 Å². The summed E-state index contributed by atoms with van der Waals surface area (Å²) >= 11 is 0. The number of hydrogen-bond donors (Lipinski definition) is 3. The minimum Gasteiger partial charge on any atom is -0.387 e. The molecular formula is C22H23N7O3. The van der Waals surface area contributed by atoms with Crippen LogP contribution in [0.2, 0.25) is 0 Å². The van der Waals surface area contributed by atoms with Crippen molar-refractivity contribution in [2.45, 2.75) is 25.3 Å². The van der Waals surface area contributed by atoms with Gasteiger partial charge in [-0.2, -0.15) is 14.8 Å². The first-order valence-corrected chi connectivity index (χ1v) is 10.6. The lowest BCUT2D eigenvalue weighted by atomic mass is 10.1. The zero-order chi connectivity index (χ0) is 22.1. The number of hydrogen-bond acceptors (Lipinski definition) is 6. The van der Waals surface area contributed by atoms with E-state index in [2.05, 4.69) is 25.5 Å². The van der Waals surface area contributed by atoms with Gasteiger partial charge in [-0.05, 0) is 42.7 Å². The number of rotatable bonds is 6. The molecule has 2 amide bonds. The van der Waals surface area contributed by atoms with Crippen molar-refractivity contribution >= 4 is 28.4 Å². The fraction of sp³-hybridized carbons (Fsp3) is 0.318. The Labute approximate surface area is 183 Å². The van der Waals surface area contributed by atoms with Gasteiger partial charge in [0.1, 0.15) is 18.3 Å². The lowest BCUT2D eigenvalue weighted by Gasteiger charge is -2.23. The number of carbonyl (C=O) groups is 2.